The second kappa shape index (κ2) is 34.9. The molecular formula is C71H99ClO. The van der Waals surface area contributed by atoms with Crippen LogP contribution in [-0.2, 0) is 0 Å². The van der Waals surface area contributed by atoms with Crippen molar-refractivity contribution in [2.45, 2.75) is 187 Å². The van der Waals surface area contributed by atoms with Gasteiger partial charge < -0.3 is 4.74 Å². The molecule has 0 fully saturated rings. The predicted molar refractivity (Wildman–Crippen MR) is 328 cm³/mol. The third-order valence-electron chi connectivity index (χ3n) is 13.0. The maximum Gasteiger partial charge on any atom is 0.118 e. The van der Waals surface area contributed by atoms with E-state index >= 15 is 0 Å². The van der Waals surface area contributed by atoms with Gasteiger partial charge in [-0.3, -0.25) is 0 Å². The number of methoxy groups -OCH3 is 1. The maximum absolute atomic E-state index is 5.92. The van der Waals surface area contributed by atoms with Gasteiger partial charge in [0.1, 0.15) is 5.75 Å². The molecule has 0 heterocycles. The summed E-state index contributed by atoms with van der Waals surface area (Å²) < 4.78 is 5.05. The molecule has 7 aromatic carbocycles. The fourth-order valence-corrected chi connectivity index (χ4v) is 8.88. The Morgan fingerprint density at radius 2 is 0.712 bits per heavy atom. The van der Waals surface area contributed by atoms with Crippen molar-refractivity contribution in [2.24, 2.45) is 0 Å². The monoisotopic (exact) mass is 1000 g/mol. The highest BCUT2D eigenvalue weighted by Crippen LogP contribution is 2.25. The summed E-state index contributed by atoms with van der Waals surface area (Å²) >= 11 is 5.92. The van der Waals surface area contributed by atoms with Crippen LogP contribution in [0.3, 0.4) is 0 Å². The average Bonchev–Trinajstić information content (AvgIpc) is 3.34. The van der Waals surface area contributed by atoms with E-state index in [9.17, 15) is 0 Å². The molecule has 0 amide bonds. The largest absolute Gasteiger partial charge is 0.497 e. The van der Waals surface area contributed by atoms with E-state index in [4.69, 9.17) is 16.3 Å². The fraction of sp³-hybridized carbons (Fsp3) is 0.408. The van der Waals surface area contributed by atoms with E-state index in [1.165, 1.54) is 77.9 Å². The van der Waals surface area contributed by atoms with Gasteiger partial charge >= 0.3 is 0 Å². The standard InChI is InChI=1S/3C11H16.C10H14O.C10H14.C9H11Cl.C9H12/c1-8(2)11-7-9(3)5-6-10(11)4;1-8(2)11-7-5-6-9(3)10(11)4;1-8(2)11-9(3)6-5-7-10(11)4;1-8(2)9-4-6-10(11-3)7-5-9;1-8(2)10-7-5-4-6-9(10)3;1-7(2)8-5-3-4-6-9(8)10;1-8(2)9-6-4-3-5-7-9/h3*5-8H,1-4H3;4-8H,1-3H3;4-8H,1-3H3;3-7H,1-2H3;3-8H,1-2H3. The lowest BCUT2D eigenvalue weighted by atomic mass is 9.94. The van der Waals surface area contributed by atoms with Gasteiger partial charge in [-0.05, 0) is 180 Å². The summed E-state index contributed by atoms with van der Waals surface area (Å²) in [5, 5.41) is 0.873. The highest BCUT2D eigenvalue weighted by molar-refractivity contribution is 6.31. The van der Waals surface area contributed by atoms with Gasteiger partial charge in [-0.25, -0.2) is 0 Å². The zero-order valence-corrected chi connectivity index (χ0v) is 50.6. The van der Waals surface area contributed by atoms with Crippen molar-refractivity contribution < 1.29 is 4.74 Å². The predicted octanol–water partition coefficient (Wildman–Crippen LogP) is 22.5. The van der Waals surface area contributed by atoms with E-state index in [0.29, 0.717) is 41.4 Å². The second-order valence-corrected chi connectivity index (χ2v) is 22.0. The Hall–Kier alpha value is -5.37. The van der Waals surface area contributed by atoms with E-state index in [-0.39, 0.29) is 0 Å². The molecule has 0 atom stereocenters. The molecule has 0 aliphatic heterocycles. The Balaban J connectivity index is 0.000000426. The smallest absolute Gasteiger partial charge is 0.118 e. The van der Waals surface area contributed by atoms with Crippen LogP contribution in [0.4, 0.5) is 0 Å². The number of hydrogen-bond acceptors (Lipinski definition) is 1. The van der Waals surface area contributed by atoms with Gasteiger partial charge in [0.05, 0.1) is 7.11 Å². The molecule has 0 unspecified atom stereocenters. The summed E-state index contributed by atoms with van der Waals surface area (Å²) in [5.74, 6) is 5.30. The number of rotatable bonds is 8. The zero-order chi connectivity index (χ0) is 55.4. The first-order chi connectivity index (χ1) is 34.3. The van der Waals surface area contributed by atoms with Crippen molar-refractivity contribution in [3.63, 3.8) is 0 Å². The number of halogens is 1. The van der Waals surface area contributed by atoms with Gasteiger partial charge in [0.2, 0.25) is 0 Å². The van der Waals surface area contributed by atoms with E-state index < -0.39 is 0 Å². The van der Waals surface area contributed by atoms with E-state index in [0.717, 1.165) is 10.8 Å². The first-order valence-corrected chi connectivity index (χ1v) is 27.4. The highest BCUT2D eigenvalue weighted by Gasteiger charge is 2.07. The Labute approximate surface area is 454 Å². The molecule has 0 bridgehead atoms. The minimum Gasteiger partial charge on any atom is -0.497 e. The summed E-state index contributed by atoms with van der Waals surface area (Å²) in [5.41, 5.74) is 19.8. The van der Waals surface area contributed by atoms with Crippen molar-refractivity contribution in [2.75, 3.05) is 7.11 Å². The van der Waals surface area contributed by atoms with Crippen molar-refractivity contribution in [3.05, 3.63) is 241 Å². The van der Waals surface area contributed by atoms with Crippen LogP contribution in [0.2, 0.25) is 5.02 Å². The van der Waals surface area contributed by atoms with Gasteiger partial charge in [0, 0.05) is 5.02 Å². The van der Waals surface area contributed by atoms with Gasteiger partial charge in [0.25, 0.3) is 0 Å². The minimum absolute atomic E-state index is 0.522. The minimum atomic E-state index is 0.522. The van der Waals surface area contributed by atoms with Gasteiger partial charge in [-0.15, -0.1) is 0 Å². The summed E-state index contributed by atoms with van der Waals surface area (Å²) in [6, 6.07) is 54.9. The molecule has 0 N–H and O–H groups in total. The molecule has 0 radical (unpaired) electrons. The molecule has 0 aliphatic carbocycles. The zero-order valence-electron chi connectivity index (χ0n) is 49.8. The van der Waals surface area contributed by atoms with Crippen molar-refractivity contribution in [1.29, 1.82) is 0 Å². The van der Waals surface area contributed by atoms with Crippen LogP contribution < -0.4 is 4.74 Å². The first kappa shape index (κ1) is 65.6. The summed E-state index contributed by atoms with van der Waals surface area (Å²) in [6.07, 6.45) is 0. The van der Waals surface area contributed by atoms with Gasteiger partial charge in [-0.2, -0.15) is 0 Å². The van der Waals surface area contributed by atoms with Crippen molar-refractivity contribution in [1.82, 2.24) is 0 Å². The number of aryl methyl sites for hydroxylation is 6. The van der Waals surface area contributed by atoms with E-state index in [1.54, 1.807) is 7.11 Å². The van der Waals surface area contributed by atoms with Crippen LogP contribution in [0, 0.1) is 48.5 Å². The van der Waals surface area contributed by atoms with Crippen LogP contribution in [0.15, 0.2) is 158 Å². The molecule has 0 saturated carbocycles. The summed E-state index contributed by atoms with van der Waals surface area (Å²) in [4.78, 5) is 0. The van der Waals surface area contributed by atoms with Crippen LogP contribution in [-0.4, -0.2) is 7.11 Å². The molecular weight excluding hydrogens is 904 g/mol. The number of benzene rings is 7. The summed E-state index contributed by atoms with van der Waals surface area (Å²) in [7, 11) is 1.68. The molecule has 2 heteroatoms. The number of hydrogen-bond donors (Lipinski definition) is 0. The third-order valence-corrected chi connectivity index (χ3v) is 13.4. The van der Waals surface area contributed by atoms with Gasteiger partial charge in [-0.1, -0.05) is 254 Å². The molecule has 0 spiro atoms. The molecule has 7 aromatic rings. The van der Waals surface area contributed by atoms with Crippen LogP contribution in [0.25, 0.3) is 0 Å². The van der Waals surface area contributed by atoms with Gasteiger partial charge in [0.15, 0.2) is 0 Å². The molecule has 396 valence electrons. The molecule has 0 aromatic heterocycles. The average molecular weight is 1000 g/mol. The second-order valence-electron chi connectivity index (χ2n) is 21.6. The van der Waals surface area contributed by atoms with Crippen molar-refractivity contribution in [3.8, 4) is 5.75 Å². The third kappa shape index (κ3) is 24.9. The Kier molecular flexibility index (Phi) is 31.4. The van der Waals surface area contributed by atoms with E-state index in [2.05, 4.69) is 267 Å². The summed E-state index contributed by atoms with van der Waals surface area (Å²) in [6.45, 7) is 46.2. The SMILES string of the molecule is CC(C)c1ccccc1.CC(C)c1ccccc1Cl.COc1ccc(C(C)C)cc1.Cc1ccc(C)c(C(C)C)c1.Cc1cccc(C(C)C)c1C.Cc1cccc(C)c1C(C)C.Cc1ccccc1C(C)C. The van der Waals surface area contributed by atoms with E-state index in [1.807, 2.05) is 36.4 Å². The molecule has 0 saturated heterocycles. The number of ether oxygens (including phenoxy) is 1. The van der Waals surface area contributed by atoms with Crippen molar-refractivity contribution >= 4 is 11.6 Å². The molecule has 1 nitrogen and oxygen atoms in total. The maximum atomic E-state index is 5.92. The molecule has 0 aliphatic rings. The highest BCUT2D eigenvalue weighted by atomic mass is 35.5. The van der Waals surface area contributed by atoms with Crippen LogP contribution in [0.1, 0.15) is 216 Å². The quantitative estimate of drug-likeness (QED) is 0.147. The Morgan fingerprint density at radius 3 is 1.08 bits per heavy atom. The topological polar surface area (TPSA) is 9.23 Å². The lowest BCUT2D eigenvalue weighted by Gasteiger charge is -2.12. The lowest BCUT2D eigenvalue weighted by Crippen LogP contribution is -1.94. The Bertz CT molecular complexity index is 2480. The fourth-order valence-electron chi connectivity index (χ4n) is 8.52. The lowest BCUT2D eigenvalue weighted by molar-refractivity contribution is 0.414. The first-order valence-electron chi connectivity index (χ1n) is 27.0. The van der Waals surface area contributed by atoms with Crippen LogP contribution >= 0.6 is 11.6 Å². The van der Waals surface area contributed by atoms with Crippen LogP contribution in [0.5, 0.6) is 5.75 Å². The Morgan fingerprint density at radius 1 is 0.315 bits per heavy atom. The normalized spacial score (nSPS) is 10.4. The molecule has 73 heavy (non-hydrogen) atoms. The molecule has 7 rings (SSSR count).